The van der Waals surface area contributed by atoms with E-state index in [-0.39, 0.29) is 30.6 Å². The summed E-state index contributed by atoms with van der Waals surface area (Å²) in [5, 5.41) is 5.36. The van der Waals surface area contributed by atoms with E-state index >= 15 is 0 Å². The molecule has 1 aliphatic carbocycles. The quantitative estimate of drug-likeness (QED) is 0.898. The van der Waals surface area contributed by atoms with Gasteiger partial charge in [0.1, 0.15) is 0 Å². The van der Waals surface area contributed by atoms with Crippen molar-refractivity contribution >= 4 is 11.9 Å². The molecule has 1 aromatic carbocycles. The molecule has 5 heteroatoms. The van der Waals surface area contributed by atoms with Gasteiger partial charge in [0.2, 0.25) is 5.91 Å². The Morgan fingerprint density at radius 1 is 1.04 bits per heavy atom. The van der Waals surface area contributed by atoms with E-state index in [0.29, 0.717) is 0 Å². The Morgan fingerprint density at radius 2 is 1.78 bits per heavy atom. The van der Waals surface area contributed by atoms with Gasteiger partial charge in [-0.15, -0.1) is 0 Å². The summed E-state index contributed by atoms with van der Waals surface area (Å²) >= 11 is 0. The molecule has 2 fully saturated rings. The number of benzene rings is 1. The van der Waals surface area contributed by atoms with Gasteiger partial charge in [0.05, 0.1) is 6.54 Å². The summed E-state index contributed by atoms with van der Waals surface area (Å²) < 4.78 is 0. The molecule has 124 valence electrons. The Labute approximate surface area is 137 Å². The number of likely N-dealkylation sites (tertiary alicyclic amines) is 1. The second kappa shape index (κ2) is 7.59. The van der Waals surface area contributed by atoms with Crippen LogP contribution in [0.15, 0.2) is 30.3 Å². The summed E-state index contributed by atoms with van der Waals surface area (Å²) in [6.07, 6.45) is 6.50. The molecular formula is C18H25N3O2. The number of amides is 3. The van der Waals surface area contributed by atoms with Crippen molar-refractivity contribution in [1.29, 1.82) is 0 Å². The van der Waals surface area contributed by atoms with Crippen molar-refractivity contribution in [2.75, 3.05) is 13.1 Å². The number of nitrogens with one attached hydrogen (secondary N) is 2. The molecule has 2 N–H and O–H groups in total. The monoisotopic (exact) mass is 315 g/mol. The lowest BCUT2D eigenvalue weighted by molar-refractivity contribution is -0.121. The first-order chi connectivity index (χ1) is 11.2. The smallest absolute Gasteiger partial charge is 0.321 e. The highest BCUT2D eigenvalue weighted by atomic mass is 16.2. The van der Waals surface area contributed by atoms with Crippen molar-refractivity contribution < 1.29 is 9.59 Å². The highest BCUT2D eigenvalue weighted by Crippen LogP contribution is 2.31. The normalized spacial score (nSPS) is 22.2. The average Bonchev–Trinajstić information content (AvgIpc) is 3.19. The molecule has 5 nitrogen and oxygen atoms in total. The topological polar surface area (TPSA) is 61.4 Å². The van der Waals surface area contributed by atoms with Gasteiger partial charge in [-0.05, 0) is 37.8 Å². The molecule has 1 saturated heterocycles. The maximum atomic E-state index is 12.1. The first kappa shape index (κ1) is 16.0. The van der Waals surface area contributed by atoms with Gasteiger partial charge in [0.15, 0.2) is 0 Å². The molecule has 1 aliphatic heterocycles. The third-order valence-corrected chi connectivity index (χ3v) is 4.84. The van der Waals surface area contributed by atoms with Crippen molar-refractivity contribution in [3.05, 3.63) is 35.9 Å². The van der Waals surface area contributed by atoms with Crippen LogP contribution >= 0.6 is 0 Å². The minimum Gasteiger partial charge on any atom is -0.335 e. The third kappa shape index (κ3) is 4.32. The summed E-state index contributed by atoms with van der Waals surface area (Å²) in [7, 11) is 0. The van der Waals surface area contributed by atoms with Crippen LogP contribution in [0.3, 0.4) is 0 Å². The van der Waals surface area contributed by atoms with Gasteiger partial charge in [-0.2, -0.15) is 0 Å². The van der Waals surface area contributed by atoms with E-state index in [9.17, 15) is 9.59 Å². The Bertz CT molecular complexity index is 540. The maximum absolute atomic E-state index is 12.1. The van der Waals surface area contributed by atoms with Crippen molar-refractivity contribution in [2.45, 2.75) is 50.6 Å². The van der Waals surface area contributed by atoms with Crippen LogP contribution in [0.2, 0.25) is 0 Å². The highest BCUT2D eigenvalue weighted by Gasteiger charge is 2.28. The Kier molecular flexibility index (Phi) is 5.28. The summed E-state index contributed by atoms with van der Waals surface area (Å²) in [4.78, 5) is 26.2. The van der Waals surface area contributed by atoms with E-state index in [1.165, 1.54) is 5.56 Å². The van der Waals surface area contributed by atoms with Crippen LogP contribution in [0.25, 0.3) is 0 Å². The third-order valence-electron chi connectivity index (χ3n) is 4.84. The molecule has 0 spiro atoms. The fourth-order valence-corrected chi connectivity index (χ4v) is 3.71. The molecule has 3 amide bonds. The molecule has 1 aromatic rings. The second-order valence-electron chi connectivity index (χ2n) is 6.54. The van der Waals surface area contributed by atoms with Crippen molar-refractivity contribution in [2.24, 2.45) is 0 Å². The highest BCUT2D eigenvalue weighted by molar-refractivity contribution is 5.95. The van der Waals surface area contributed by atoms with Crippen molar-refractivity contribution in [1.82, 2.24) is 15.5 Å². The van der Waals surface area contributed by atoms with E-state index in [4.69, 9.17) is 0 Å². The molecule has 2 aliphatic rings. The minimum atomic E-state index is -0.350. The number of nitrogens with zero attached hydrogens (tertiary/aromatic N) is 1. The van der Waals surface area contributed by atoms with E-state index in [0.717, 1.165) is 45.1 Å². The Morgan fingerprint density at radius 3 is 2.52 bits per heavy atom. The summed E-state index contributed by atoms with van der Waals surface area (Å²) in [6, 6.07) is 10.4. The minimum absolute atomic E-state index is 0.219. The predicted octanol–water partition coefficient (Wildman–Crippen LogP) is 2.59. The summed E-state index contributed by atoms with van der Waals surface area (Å²) in [5.41, 5.74) is 1.24. The van der Waals surface area contributed by atoms with Gasteiger partial charge in [-0.1, -0.05) is 43.2 Å². The lowest BCUT2D eigenvalue weighted by Crippen LogP contribution is -2.46. The van der Waals surface area contributed by atoms with Gasteiger partial charge in [0.25, 0.3) is 0 Å². The van der Waals surface area contributed by atoms with Gasteiger partial charge < -0.3 is 5.32 Å². The van der Waals surface area contributed by atoms with Crippen molar-refractivity contribution in [3.8, 4) is 0 Å². The number of hydrogen-bond donors (Lipinski definition) is 2. The molecule has 1 heterocycles. The van der Waals surface area contributed by atoms with Crippen molar-refractivity contribution in [3.63, 3.8) is 0 Å². The molecule has 1 saturated carbocycles. The Balaban J connectivity index is 1.49. The molecular weight excluding hydrogens is 290 g/mol. The van der Waals surface area contributed by atoms with Gasteiger partial charge in [0, 0.05) is 12.1 Å². The Hall–Kier alpha value is -1.88. The zero-order chi connectivity index (χ0) is 16.1. The average molecular weight is 315 g/mol. The lowest BCUT2D eigenvalue weighted by Gasteiger charge is -2.24. The van der Waals surface area contributed by atoms with Crippen LogP contribution in [-0.2, 0) is 4.79 Å². The molecule has 0 radical (unpaired) electrons. The molecule has 0 aromatic heterocycles. The van der Waals surface area contributed by atoms with Crippen LogP contribution in [0.5, 0.6) is 0 Å². The van der Waals surface area contributed by atoms with Gasteiger partial charge >= 0.3 is 6.03 Å². The number of carbonyl (C=O) groups is 2. The standard InChI is InChI=1S/C18H25N3O2/c22-17(20-18(23)19-15-9-4-5-10-15)13-21-12-6-11-16(21)14-7-2-1-3-8-14/h1-3,7-8,15-16H,4-6,9-13H2,(H2,19,20,22,23)/t16-/m0/s1. The summed E-state index contributed by atoms with van der Waals surface area (Å²) in [5.74, 6) is -0.219. The number of rotatable bonds is 4. The van der Waals surface area contributed by atoms with E-state index in [1.54, 1.807) is 0 Å². The molecule has 0 unspecified atom stereocenters. The van der Waals surface area contributed by atoms with E-state index in [2.05, 4.69) is 27.7 Å². The van der Waals surface area contributed by atoms with E-state index < -0.39 is 0 Å². The molecule has 0 bridgehead atoms. The van der Waals surface area contributed by atoms with Crippen LogP contribution in [-0.4, -0.2) is 36.0 Å². The van der Waals surface area contributed by atoms with Crippen LogP contribution in [0.1, 0.15) is 50.1 Å². The first-order valence-corrected chi connectivity index (χ1v) is 8.62. The number of urea groups is 1. The number of hydrogen-bond acceptors (Lipinski definition) is 3. The van der Waals surface area contributed by atoms with Crippen LogP contribution < -0.4 is 10.6 Å². The summed E-state index contributed by atoms with van der Waals surface area (Å²) in [6.45, 7) is 1.18. The first-order valence-electron chi connectivity index (χ1n) is 8.62. The van der Waals surface area contributed by atoms with Crippen LogP contribution in [0, 0.1) is 0 Å². The predicted molar refractivity (Wildman–Crippen MR) is 88.9 cm³/mol. The maximum Gasteiger partial charge on any atom is 0.321 e. The fourth-order valence-electron chi connectivity index (χ4n) is 3.71. The lowest BCUT2D eigenvalue weighted by atomic mass is 10.0. The van der Waals surface area contributed by atoms with E-state index in [1.807, 2.05) is 18.2 Å². The zero-order valence-electron chi connectivity index (χ0n) is 13.5. The molecule has 1 atom stereocenters. The zero-order valence-corrected chi connectivity index (χ0v) is 13.5. The second-order valence-corrected chi connectivity index (χ2v) is 6.54. The largest absolute Gasteiger partial charge is 0.335 e. The molecule has 3 rings (SSSR count). The SMILES string of the molecule is O=C(CN1CCC[C@H]1c1ccccc1)NC(=O)NC1CCCC1. The van der Waals surface area contributed by atoms with Gasteiger partial charge in [-0.25, -0.2) is 4.79 Å². The van der Waals surface area contributed by atoms with Gasteiger partial charge in [-0.3, -0.25) is 15.0 Å². The number of carbonyl (C=O) groups excluding carboxylic acids is 2. The number of imide groups is 1. The fraction of sp³-hybridized carbons (Fsp3) is 0.556. The van der Waals surface area contributed by atoms with Crippen LogP contribution in [0.4, 0.5) is 4.79 Å². The molecule has 23 heavy (non-hydrogen) atoms.